The topological polar surface area (TPSA) is 58.6 Å². The third kappa shape index (κ3) is 3.71. The first kappa shape index (κ1) is 15.6. The molecule has 1 unspecified atom stereocenters. The average Bonchev–Trinajstić information content (AvgIpc) is 3.35. The van der Waals surface area contributed by atoms with Gasteiger partial charge in [0.25, 0.3) is 5.91 Å². The lowest BCUT2D eigenvalue weighted by Gasteiger charge is -2.11. The molecule has 1 saturated carbocycles. The lowest BCUT2D eigenvalue weighted by molar-refractivity contribution is -0.129. The summed E-state index contributed by atoms with van der Waals surface area (Å²) in [5.41, 5.74) is 1.80. The second-order valence-electron chi connectivity index (χ2n) is 5.77. The van der Waals surface area contributed by atoms with Crippen LogP contribution >= 0.6 is 0 Å². The minimum absolute atomic E-state index is 0.0961. The summed E-state index contributed by atoms with van der Waals surface area (Å²) < 4.78 is 5.43. The summed E-state index contributed by atoms with van der Waals surface area (Å²) in [5.74, 6) is 0.837. The summed E-state index contributed by atoms with van der Waals surface area (Å²) in [6.45, 7) is 2.61. The summed E-state index contributed by atoms with van der Waals surface area (Å²) >= 11 is 0. The van der Waals surface area contributed by atoms with Crippen molar-refractivity contribution in [3.63, 3.8) is 0 Å². The van der Waals surface area contributed by atoms with Gasteiger partial charge in [-0.3, -0.25) is 4.79 Å². The van der Waals surface area contributed by atoms with E-state index >= 15 is 0 Å². The number of benzene rings is 2. The van der Waals surface area contributed by atoms with E-state index in [2.05, 4.69) is 5.32 Å². The largest absolute Gasteiger partial charge is 0.494 e. The van der Waals surface area contributed by atoms with Crippen molar-refractivity contribution in [1.82, 2.24) is 5.32 Å². The fourth-order valence-corrected chi connectivity index (χ4v) is 2.75. The van der Waals surface area contributed by atoms with Crippen molar-refractivity contribution in [2.45, 2.75) is 31.4 Å². The number of hydrogen-bond donors (Lipinski definition) is 2. The monoisotopic (exact) mass is 311 g/mol. The van der Waals surface area contributed by atoms with Crippen molar-refractivity contribution in [3.05, 3.63) is 65.7 Å². The molecule has 23 heavy (non-hydrogen) atoms. The minimum atomic E-state index is -1.11. The first-order chi connectivity index (χ1) is 11.2. The predicted molar refractivity (Wildman–Crippen MR) is 88.3 cm³/mol. The van der Waals surface area contributed by atoms with Gasteiger partial charge in [-0.25, -0.2) is 0 Å². The van der Waals surface area contributed by atoms with E-state index in [1.165, 1.54) is 5.56 Å². The van der Waals surface area contributed by atoms with Crippen LogP contribution in [0.5, 0.6) is 5.75 Å². The molecule has 0 radical (unpaired) electrons. The summed E-state index contributed by atoms with van der Waals surface area (Å²) in [6, 6.07) is 17.1. The van der Waals surface area contributed by atoms with Crippen LogP contribution in [0.2, 0.25) is 0 Å². The molecule has 1 aliphatic rings. The number of hydrogen-bond acceptors (Lipinski definition) is 3. The molecule has 120 valence electrons. The number of aliphatic hydroxyl groups excluding tert-OH is 1. The van der Waals surface area contributed by atoms with Crippen molar-refractivity contribution in [1.29, 1.82) is 0 Å². The van der Waals surface area contributed by atoms with Gasteiger partial charge in [0.1, 0.15) is 5.75 Å². The summed E-state index contributed by atoms with van der Waals surface area (Å²) in [7, 11) is 0. The Morgan fingerprint density at radius 3 is 2.57 bits per heavy atom. The number of carbonyl (C=O) groups is 1. The van der Waals surface area contributed by atoms with E-state index in [1.807, 2.05) is 49.4 Å². The van der Waals surface area contributed by atoms with Crippen LogP contribution in [0, 0.1) is 0 Å². The average molecular weight is 311 g/mol. The fourth-order valence-electron chi connectivity index (χ4n) is 2.75. The van der Waals surface area contributed by atoms with Crippen molar-refractivity contribution in [2.24, 2.45) is 0 Å². The summed E-state index contributed by atoms with van der Waals surface area (Å²) in [5, 5.41) is 13.0. The molecule has 3 rings (SSSR count). The molecule has 4 nitrogen and oxygen atoms in total. The number of aliphatic hydroxyl groups is 1. The van der Waals surface area contributed by atoms with Gasteiger partial charge < -0.3 is 15.2 Å². The third-order valence-electron chi connectivity index (χ3n) is 4.10. The van der Waals surface area contributed by atoms with E-state index < -0.39 is 6.10 Å². The molecule has 0 aromatic heterocycles. The van der Waals surface area contributed by atoms with Crippen LogP contribution in [0.4, 0.5) is 0 Å². The van der Waals surface area contributed by atoms with E-state index in [1.54, 1.807) is 12.1 Å². The first-order valence-corrected chi connectivity index (χ1v) is 7.95. The number of nitrogens with one attached hydrogen (secondary N) is 1. The van der Waals surface area contributed by atoms with Gasteiger partial charge in [0.05, 0.1) is 6.61 Å². The van der Waals surface area contributed by atoms with Gasteiger partial charge in [0, 0.05) is 12.0 Å². The molecule has 0 heterocycles. The molecule has 2 N–H and O–H groups in total. The van der Waals surface area contributed by atoms with E-state index in [-0.39, 0.29) is 11.9 Å². The van der Waals surface area contributed by atoms with Crippen LogP contribution < -0.4 is 10.1 Å². The number of ether oxygens (including phenoxy) is 1. The van der Waals surface area contributed by atoms with Crippen LogP contribution in [0.15, 0.2) is 54.6 Å². The summed E-state index contributed by atoms with van der Waals surface area (Å²) in [4.78, 5) is 12.1. The first-order valence-electron chi connectivity index (χ1n) is 7.95. The second-order valence-corrected chi connectivity index (χ2v) is 5.77. The summed E-state index contributed by atoms with van der Waals surface area (Å²) in [6.07, 6.45) is -0.209. The van der Waals surface area contributed by atoms with Crippen molar-refractivity contribution in [3.8, 4) is 5.75 Å². The van der Waals surface area contributed by atoms with Gasteiger partial charge in [0.2, 0.25) is 0 Å². The van der Waals surface area contributed by atoms with Crippen LogP contribution in [-0.4, -0.2) is 23.7 Å². The van der Waals surface area contributed by atoms with Crippen LogP contribution in [0.3, 0.4) is 0 Å². The molecule has 1 amide bonds. The highest BCUT2D eigenvalue weighted by Gasteiger charge is 2.40. The highest BCUT2D eigenvalue weighted by Crippen LogP contribution is 2.41. The molecule has 4 heteroatoms. The predicted octanol–water partition coefficient (Wildman–Crippen LogP) is 2.79. The van der Waals surface area contributed by atoms with Gasteiger partial charge >= 0.3 is 0 Å². The van der Waals surface area contributed by atoms with Crippen molar-refractivity contribution < 1.29 is 14.6 Å². The Morgan fingerprint density at radius 1 is 1.22 bits per heavy atom. The normalized spacial score (nSPS) is 20.6. The molecule has 1 fully saturated rings. The van der Waals surface area contributed by atoms with E-state index in [0.717, 1.165) is 12.2 Å². The SMILES string of the molecule is CCOc1ccc([C@@H]2C[C@H]2NC(=O)C(O)c2ccccc2)cc1. The Labute approximate surface area is 136 Å². The lowest BCUT2D eigenvalue weighted by Crippen LogP contribution is -2.31. The van der Waals surface area contributed by atoms with Crippen LogP contribution in [0.1, 0.15) is 36.5 Å². The molecule has 0 spiro atoms. The van der Waals surface area contributed by atoms with E-state index in [4.69, 9.17) is 4.74 Å². The van der Waals surface area contributed by atoms with Gasteiger partial charge in [-0.1, -0.05) is 42.5 Å². The zero-order valence-electron chi connectivity index (χ0n) is 13.1. The van der Waals surface area contributed by atoms with Gasteiger partial charge in [-0.05, 0) is 36.6 Å². The van der Waals surface area contributed by atoms with Crippen molar-refractivity contribution in [2.75, 3.05) is 6.61 Å². The molecular weight excluding hydrogens is 290 g/mol. The molecular formula is C19H21NO3. The molecule has 0 saturated heterocycles. The number of rotatable bonds is 6. The number of carbonyl (C=O) groups excluding carboxylic acids is 1. The van der Waals surface area contributed by atoms with Gasteiger partial charge in [-0.15, -0.1) is 0 Å². The Morgan fingerprint density at radius 2 is 1.91 bits per heavy atom. The fraction of sp³-hybridized carbons (Fsp3) is 0.316. The molecule has 0 bridgehead atoms. The third-order valence-corrected chi connectivity index (χ3v) is 4.10. The van der Waals surface area contributed by atoms with Crippen molar-refractivity contribution >= 4 is 5.91 Å². The Kier molecular flexibility index (Phi) is 4.63. The molecule has 2 aromatic carbocycles. The smallest absolute Gasteiger partial charge is 0.253 e. The standard InChI is InChI=1S/C19H21NO3/c1-2-23-15-10-8-13(9-11-15)16-12-17(16)20-19(22)18(21)14-6-4-3-5-7-14/h3-11,16-18,21H,2,12H2,1H3,(H,20,22)/t16-,17+,18?/m0/s1. The maximum Gasteiger partial charge on any atom is 0.253 e. The second kappa shape index (κ2) is 6.84. The molecule has 3 atom stereocenters. The Balaban J connectivity index is 1.55. The highest BCUT2D eigenvalue weighted by molar-refractivity contribution is 5.82. The van der Waals surface area contributed by atoms with E-state index in [0.29, 0.717) is 18.1 Å². The zero-order chi connectivity index (χ0) is 16.2. The highest BCUT2D eigenvalue weighted by atomic mass is 16.5. The van der Waals surface area contributed by atoms with Crippen LogP contribution in [-0.2, 0) is 4.79 Å². The minimum Gasteiger partial charge on any atom is -0.494 e. The Bertz CT molecular complexity index is 654. The van der Waals surface area contributed by atoms with Crippen LogP contribution in [0.25, 0.3) is 0 Å². The van der Waals surface area contributed by atoms with Gasteiger partial charge in [0.15, 0.2) is 6.10 Å². The zero-order valence-corrected chi connectivity index (χ0v) is 13.1. The molecule has 1 aliphatic carbocycles. The Hall–Kier alpha value is -2.33. The maximum absolute atomic E-state index is 12.1. The molecule has 2 aromatic rings. The number of amides is 1. The lowest BCUT2D eigenvalue weighted by atomic mass is 10.1. The van der Waals surface area contributed by atoms with E-state index in [9.17, 15) is 9.90 Å². The van der Waals surface area contributed by atoms with Gasteiger partial charge in [-0.2, -0.15) is 0 Å². The maximum atomic E-state index is 12.1. The quantitative estimate of drug-likeness (QED) is 0.862. The molecule has 0 aliphatic heterocycles.